The van der Waals surface area contributed by atoms with Gasteiger partial charge in [-0.3, -0.25) is 19.8 Å². The van der Waals surface area contributed by atoms with E-state index in [-0.39, 0.29) is 18.4 Å². The first-order valence-corrected chi connectivity index (χ1v) is 10.8. The molecule has 2 aromatic rings. The van der Waals surface area contributed by atoms with E-state index in [2.05, 4.69) is 10.6 Å². The van der Waals surface area contributed by atoms with Gasteiger partial charge in [-0.1, -0.05) is 30.3 Å². The number of hydrogen-bond donors (Lipinski definition) is 2. The van der Waals surface area contributed by atoms with Crippen molar-refractivity contribution in [1.82, 2.24) is 15.1 Å². The second-order valence-corrected chi connectivity index (χ2v) is 7.73. The van der Waals surface area contributed by atoms with Crippen LogP contribution in [-0.2, 0) is 16.0 Å². The molecule has 8 nitrogen and oxygen atoms in total. The Morgan fingerprint density at radius 2 is 1.69 bits per heavy atom. The van der Waals surface area contributed by atoms with E-state index in [4.69, 9.17) is 4.74 Å². The van der Waals surface area contributed by atoms with Crippen LogP contribution in [0, 0.1) is 0 Å². The van der Waals surface area contributed by atoms with Crippen LogP contribution in [0.15, 0.2) is 54.6 Å². The van der Waals surface area contributed by atoms with Gasteiger partial charge in [0.25, 0.3) is 0 Å². The van der Waals surface area contributed by atoms with Crippen molar-refractivity contribution >= 4 is 23.5 Å². The molecule has 3 rings (SSSR count). The summed E-state index contributed by atoms with van der Waals surface area (Å²) in [5.74, 6) is 0.557. The molecule has 2 N–H and O–H groups in total. The molecule has 4 amide bonds. The molecule has 0 saturated carbocycles. The minimum atomic E-state index is -0.550. The summed E-state index contributed by atoms with van der Waals surface area (Å²) in [6, 6.07) is 16.2. The maximum atomic E-state index is 12.6. The molecular weight excluding hydrogens is 408 g/mol. The first-order chi connectivity index (χ1) is 15.5. The second kappa shape index (κ2) is 11.9. The number of carbonyl (C=O) groups excluding carboxylic acids is 3. The predicted molar refractivity (Wildman–Crippen MR) is 123 cm³/mol. The molecule has 0 unspecified atom stereocenters. The number of methoxy groups -OCH3 is 1. The standard InChI is InChI=1S/C24H30N4O4/c1-32-21-11-8-19(9-12-21)10-13-23(30)28-15-5-14-27(16-17-28)18-22(29)26-24(31)25-20-6-3-2-4-7-20/h2-4,6-9,11-12H,5,10,13-18H2,1H3,(H2,25,26,29,31). The summed E-state index contributed by atoms with van der Waals surface area (Å²) in [6.45, 7) is 2.67. The number of rotatable bonds is 7. The van der Waals surface area contributed by atoms with Gasteiger partial charge in [0, 0.05) is 38.3 Å². The van der Waals surface area contributed by atoms with Gasteiger partial charge in [-0.2, -0.15) is 0 Å². The summed E-state index contributed by atoms with van der Waals surface area (Å²) in [7, 11) is 1.63. The van der Waals surface area contributed by atoms with E-state index in [1.807, 2.05) is 40.1 Å². The van der Waals surface area contributed by atoms with Gasteiger partial charge in [0.1, 0.15) is 5.75 Å². The number of urea groups is 1. The zero-order valence-electron chi connectivity index (χ0n) is 18.4. The van der Waals surface area contributed by atoms with E-state index in [1.54, 1.807) is 31.4 Å². The number of hydrogen-bond acceptors (Lipinski definition) is 5. The van der Waals surface area contributed by atoms with Crippen LogP contribution in [0.3, 0.4) is 0 Å². The van der Waals surface area contributed by atoms with Gasteiger partial charge < -0.3 is 15.0 Å². The number of para-hydroxylation sites is 1. The van der Waals surface area contributed by atoms with Crippen molar-refractivity contribution in [1.29, 1.82) is 0 Å². The molecule has 0 spiro atoms. The van der Waals surface area contributed by atoms with Crippen LogP contribution in [0.25, 0.3) is 0 Å². The monoisotopic (exact) mass is 438 g/mol. The highest BCUT2D eigenvalue weighted by molar-refractivity contribution is 6.01. The number of carbonyl (C=O) groups is 3. The second-order valence-electron chi connectivity index (χ2n) is 7.73. The third kappa shape index (κ3) is 7.39. The molecule has 1 aliphatic rings. The van der Waals surface area contributed by atoms with Crippen molar-refractivity contribution in [3.05, 3.63) is 60.2 Å². The van der Waals surface area contributed by atoms with Crippen LogP contribution in [0.2, 0.25) is 0 Å². The van der Waals surface area contributed by atoms with Crippen LogP contribution in [0.1, 0.15) is 18.4 Å². The SMILES string of the molecule is COc1ccc(CCC(=O)N2CCCN(CC(=O)NC(=O)Nc3ccccc3)CC2)cc1. The average molecular weight is 439 g/mol. The summed E-state index contributed by atoms with van der Waals surface area (Å²) in [5, 5.41) is 4.99. The van der Waals surface area contributed by atoms with Crippen LogP contribution in [-0.4, -0.2) is 67.5 Å². The number of imide groups is 1. The molecule has 8 heteroatoms. The Labute approximate surface area is 188 Å². The van der Waals surface area contributed by atoms with E-state index in [1.165, 1.54) is 0 Å². The number of anilines is 1. The number of aryl methyl sites for hydroxylation is 1. The van der Waals surface area contributed by atoms with Crippen molar-refractivity contribution < 1.29 is 19.1 Å². The van der Waals surface area contributed by atoms with E-state index >= 15 is 0 Å². The number of nitrogens with one attached hydrogen (secondary N) is 2. The van der Waals surface area contributed by atoms with Crippen LogP contribution >= 0.6 is 0 Å². The molecule has 0 aromatic heterocycles. The molecule has 1 fully saturated rings. The van der Waals surface area contributed by atoms with Gasteiger partial charge in [0.2, 0.25) is 11.8 Å². The van der Waals surface area contributed by atoms with Crippen molar-refractivity contribution in [2.45, 2.75) is 19.3 Å². The highest BCUT2D eigenvalue weighted by atomic mass is 16.5. The normalized spacial score (nSPS) is 14.3. The number of nitrogens with zero attached hydrogens (tertiary/aromatic N) is 2. The van der Waals surface area contributed by atoms with Gasteiger partial charge in [0.05, 0.1) is 13.7 Å². The molecule has 0 atom stereocenters. The molecular formula is C24H30N4O4. The molecule has 1 saturated heterocycles. The van der Waals surface area contributed by atoms with Crippen molar-refractivity contribution in [3.8, 4) is 5.75 Å². The molecule has 32 heavy (non-hydrogen) atoms. The smallest absolute Gasteiger partial charge is 0.325 e. The zero-order chi connectivity index (χ0) is 22.8. The van der Waals surface area contributed by atoms with Gasteiger partial charge in [0.15, 0.2) is 0 Å². The number of benzene rings is 2. The van der Waals surface area contributed by atoms with E-state index < -0.39 is 6.03 Å². The Morgan fingerprint density at radius 1 is 0.938 bits per heavy atom. The summed E-state index contributed by atoms with van der Waals surface area (Å²) in [6.07, 6.45) is 1.92. The number of ether oxygens (including phenoxy) is 1. The fourth-order valence-corrected chi connectivity index (χ4v) is 3.63. The Kier molecular flexibility index (Phi) is 8.62. The highest BCUT2D eigenvalue weighted by Gasteiger charge is 2.21. The predicted octanol–water partition coefficient (Wildman–Crippen LogP) is 2.51. The van der Waals surface area contributed by atoms with Gasteiger partial charge >= 0.3 is 6.03 Å². The van der Waals surface area contributed by atoms with Gasteiger partial charge in [-0.05, 0) is 42.7 Å². The van der Waals surface area contributed by atoms with E-state index in [9.17, 15) is 14.4 Å². The third-order valence-electron chi connectivity index (χ3n) is 5.38. The van der Waals surface area contributed by atoms with Crippen molar-refractivity contribution in [3.63, 3.8) is 0 Å². The summed E-state index contributed by atoms with van der Waals surface area (Å²) in [4.78, 5) is 40.7. The Balaban J connectivity index is 1.39. The van der Waals surface area contributed by atoms with E-state index in [0.717, 1.165) is 17.7 Å². The molecule has 1 heterocycles. The minimum Gasteiger partial charge on any atom is -0.497 e. The first-order valence-electron chi connectivity index (χ1n) is 10.8. The summed E-state index contributed by atoms with van der Waals surface area (Å²) < 4.78 is 5.16. The highest BCUT2D eigenvalue weighted by Crippen LogP contribution is 2.14. The van der Waals surface area contributed by atoms with E-state index in [0.29, 0.717) is 44.7 Å². The first kappa shape index (κ1) is 23.3. The maximum Gasteiger partial charge on any atom is 0.325 e. The fourth-order valence-electron chi connectivity index (χ4n) is 3.63. The molecule has 2 aromatic carbocycles. The van der Waals surface area contributed by atoms with Crippen LogP contribution in [0.5, 0.6) is 5.75 Å². The lowest BCUT2D eigenvalue weighted by molar-refractivity contribution is -0.131. The van der Waals surface area contributed by atoms with Crippen molar-refractivity contribution in [2.75, 3.05) is 45.2 Å². The topological polar surface area (TPSA) is 91.0 Å². The third-order valence-corrected chi connectivity index (χ3v) is 5.38. The maximum absolute atomic E-state index is 12.6. The molecule has 1 aliphatic heterocycles. The summed E-state index contributed by atoms with van der Waals surface area (Å²) in [5.41, 5.74) is 1.72. The minimum absolute atomic E-state index is 0.120. The van der Waals surface area contributed by atoms with Crippen molar-refractivity contribution in [2.24, 2.45) is 0 Å². The number of amides is 4. The van der Waals surface area contributed by atoms with Gasteiger partial charge in [-0.25, -0.2) is 4.79 Å². The van der Waals surface area contributed by atoms with Crippen LogP contribution in [0.4, 0.5) is 10.5 Å². The average Bonchev–Trinajstić information content (AvgIpc) is 3.04. The zero-order valence-corrected chi connectivity index (χ0v) is 18.4. The molecule has 0 radical (unpaired) electrons. The molecule has 170 valence electrons. The molecule has 0 aliphatic carbocycles. The Bertz CT molecular complexity index is 902. The largest absolute Gasteiger partial charge is 0.497 e. The fraction of sp³-hybridized carbons (Fsp3) is 0.375. The lowest BCUT2D eigenvalue weighted by atomic mass is 10.1. The lowest BCUT2D eigenvalue weighted by Crippen LogP contribution is -2.43. The Hall–Kier alpha value is -3.39. The van der Waals surface area contributed by atoms with Crippen LogP contribution < -0.4 is 15.4 Å². The molecule has 0 bridgehead atoms. The Morgan fingerprint density at radius 3 is 2.41 bits per heavy atom. The quantitative estimate of drug-likeness (QED) is 0.693. The summed E-state index contributed by atoms with van der Waals surface area (Å²) >= 11 is 0. The lowest BCUT2D eigenvalue weighted by Gasteiger charge is -2.21. The van der Waals surface area contributed by atoms with Gasteiger partial charge in [-0.15, -0.1) is 0 Å².